The molecule has 0 bridgehead atoms. The fraction of sp³-hybridized carbons (Fsp3) is 0.412. The number of hydrogen-bond acceptors (Lipinski definition) is 2. The highest BCUT2D eigenvalue weighted by Gasteiger charge is 2.12. The highest BCUT2D eigenvalue weighted by Crippen LogP contribution is 2.31. The van der Waals surface area contributed by atoms with Crippen molar-refractivity contribution in [2.45, 2.75) is 31.7 Å². The van der Waals surface area contributed by atoms with E-state index in [2.05, 4.69) is 11.4 Å². The van der Waals surface area contributed by atoms with Crippen molar-refractivity contribution >= 4 is 22.4 Å². The maximum absolute atomic E-state index is 6.22. The summed E-state index contributed by atoms with van der Waals surface area (Å²) in [7, 11) is 0. The molecule has 1 saturated heterocycles. The Hall–Kier alpha value is -1.25. The number of hydrogen-bond donors (Lipinski definition) is 1. The maximum Gasteiger partial charge on any atom is 0.127 e. The van der Waals surface area contributed by atoms with Crippen molar-refractivity contribution < 1.29 is 4.74 Å². The van der Waals surface area contributed by atoms with Crippen LogP contribution >= 0.6 is 11.6 Å². The Morgan fingerprint density at radius 1 is 1.10 bits per heavy atom. The molecule has 1 fully saturated rings. The van der Waals surface area contributed by atoms with Crippen LogP contribution in [-0.4, -0.2) is 19.2 Å². The van der Waals surface area contributed by atoms with E-state index in [-0.39, 0.29) is 0 Å². The van der Waals surface area contributed by atoms with Gasteiger partial charge in [-0.2, -0.15) is 0 Å². The third-order valence-electron chi connectivity index (χ3n) is 3.97. The fourth-order valence-electron chi connectivity index (χ4n) is 2.84. The Morgan fingerprint density at radius 3 is 2.75 bits per heavy atom. The summed E-state index contributed by atoms with van der Waals surface area (Å²) in [5, 5.41) is 6.48. The first-order chi connectivity index (χ1) is 9.84. The van der Waals surface area contributed by atoms with Gasteiger partial charge in [-0.05, 0) is 37.9 Å². The van der Waals surface area contributed by atoms with E-state index >= 15 is 0 Å². The van der Waals surface area contributed by atoms with Gasteiger partial charge >= 0.3 is 0 Å². The Labute approximate surface area is 125 Å². The normalized spacial score (nSPS) is 19.1. The van der Waals surface area contributed by atoms with Crippen LogP contribution in [0.1, 0.15) is 25.7 Å². The van der Waals surface area contributed by atoms with Crippen LogP contribution < -0.4 is 10.1 Å². The standard InChI is InChI=1S/C17H20ClNO/c18-16-8-9-17(15-7-2-1-6-14(15)16)20-12-10-13-5-3-4-11-19-13/h1-2,6-9,13,19H,3-5,10-12H2. The smallest absolute Gasteiger partial charge is 0.127 e. The lowest BCUT2D eigenvalue weighted by Gasteiger charge is -2.23. The van der Waals surface area contributed by atoms with Crippen LogP contribution in [0.25, 0.3) is 10.8 Å². The van der Waals surface area contributed by atoms with Gasteiger partial charge in [-0.3, -0.25) is 0 Å². The van der Waals surface area contributed by atoms with E-state index < -0.39 is 0 Å². The lowest BCUT2D eigenvalue weighted by Crippen LogP contribution is -2.35. The third kappa shape index (κ3) is 3.08. The molecule has 1 aliphatic rings. The number of piperidine rings is 1. The van der Waals surface area contributed by atoms with E-state index in [0.29, 0.717) is 6.04 Å². The van der Waals surface area contributed by atoms with E-state index in [1.54, 1.807) is 0 Å². The minimum atomic E-state index is 0.613. The van der Waals surface area contributed by atoms with Crippen molar-refractivity contribution in [1.82, 2.24) is 5.32 Å². The van der Waals surface area contributed by atoms with Crippen molar-refractivity contribution in [2.24, 2.45) is 0 Å². The molecular weight excluding hydrogens is 270 g/mol. The molecule has 1 N–H and O–H groups in total. The Balaban J connectivity index is 1.67. The maximum atomic E-state index is 6.22. The van der Waals surface area contributed by atoms with Gasteiger partial charge in [0.05, 0.1) is 6.61 Å². The van der Waals surface area contributed by atoms with Gasteiger partial charge in [0.1, 0.15) is 5.75 Å². The van der Waals surface area contributed by atoms with E-state index in [1.165, 1.54) is 19.3 Å². The average Bonchev–Trinajstić information content (AvgIpc) is 2.51. The van der Waals surface area contributed by atoms with Gasteiger partial charge < -0.3 is 10.1 Å². The molecule has 20 heavy (non-hydrogen) atoms. The molecule has 0 spiro atoms. The van der Waals surface area contributed by atoms with Gasteiger partial charge in [0, 0.05) is 21.8 Å². The molecular formula is C17H20ClNO. The van der Waals surface area contributed by atoms with Crippen LogP contribution in [-0.2, 0) is 0 Å². The summed E-state index contributed by atoms with van der Waals surface area (Å²) in [4.78, 5) is 0. The summed E-state index contributed by atoms with van der Waals surface area (Å²) < 4.78 is 5.98. The predicted molar refractivity (Wildman–Crippen MR) is 84.7 cm³/mol. The summed E-state index contributed by atoms with van der Waals surface area (Å²) in [5.41, 5.74) is 0. The molecule has 106 valence electrons. The molecule has 1 unspecified atom stereocenters. The zero-order valence-corrected chi connectivity index (χ0v) is 12.3. The zero-order valence-electron chi connectivity index (χ0n) is 11.6. The summed E-state index contributed by atoms with van der Waals surface area (Å²) in [6, 6.07) is 12.6. The Bertz CT molecular complexity index is 578. The first-order valence-electron chi connectivity index (χ1n) is 7.38. The molecule has 1 aliphatic heterocycles. The molecule has 0 aromatic heterocycles. The predicted octanol–water partition coefficient (Wildman–Crippen LogP) is 4.40. The quantitative estimate of drug-likeness (QED) is 0.900. The summed E-state index contributed by atoms with van der Waals surface area (Å²) in [5.74, 6) is 0.931. The first-order valence-corrected chi connectivity index (χ1v) is 7.76. The molecule has 3 rings (SSSR count). The fourth-order valence-corrected chi connectivity index (χ4v) is 3.07. The highest BCUT2D eigenvalue weighted by atomic mass is 35.5. The van der Waals surface area contributed by atoms with Gasteiger partial charge in [-0.1, -0.05) is 42.3 Å². The van der Waals surface area contributed by atoms with Gasteiger partial charge in [-0.15, -0.1) is 0 Å². The van der Waals surface area contributed by atoms with E-state index in [1.807, 2.05) is 30.3 Å². The molecule has 2 aromatic rings. The first kappa shape index (κ1) is 13.7. The van der Waals surface area contributed by atoms with Crippen LogP contribution in [0.2, 0.25) is 5.02 Å². The monoisotopic (exact) mass is 289 g/mol. The minimum Gasteiger partial charge on any atom is -0.493 e. The van der Waals surface area contributed by atoms with E-state index in [0.717, 1.165) is 41.1 Å². The van der Waals surface area contributed by atoms with Gasteiger partial charge in [0.25, 0.3) is 0 Å². The lowest BCUT2D eigenvalue weighted by molar-refractivity contribution is 0.270. The lowest BCUT2D eigenvalue weighted by atomic mass is 10.0. The molecule has 1 heterocycles. The van der Waals surface area contributed by atoms with Gasteiger partial charge in [-0.25, -0.2) is 0 Å². The number of fused-ring (bicyclic) bond motifs is 1. The van der Waals surface area contributed by atoms with Crippen molar-refractivity contribution in [2.75, 3.05) is 13.2 Å². The van der Waals surface area contributed by atoms with E-state index in [4.69, 9.17) is 16.3 Å². The molecule has 0 radical (unpaired) electrons. The molecule has 0 aliphatic carbocycles. The highest BCUT2D eigenvalue weighted by molar-refractivity contribution is 6.35. The number of halogens is 1. The second kappa shape index (κ2) is 6.47. The van der Waals surface area contributed by atoms with Crippen LogP contribution in [0.3, 0.4) is 0 Å². The van der Waals surface area contributed by atoms with Crippen LogP contribution in [0, 0.1) is 0 Å². The van der Waals surface area contributed by atoms with Crippen LogP contribution in [0.4, 0.5) is 0 Å². The summed E-state index contributed by atoms with van der Waals surface area (Å²) >= 11 is 6.22. The molecule has 3 heteroatoms. The number of benzene rings is 2. The number of rotatable bonds is 4. The minimum absolute atomic E-state index is 0.613. The van der Waals surface area contributed by atoms with Crippen LogP contribution in [0.5, 0.6) is 5.75 Å². The van der Waals surface area contributed by atoms with E-state index in [9.17, 15) is 0 Å². The Morgan fingerprint density at radius 2 is 1.95 bits per heavy atom. The second-order valence-electron chi connectivity index (χ2n) is 5.38. The van der Waals surface area contributed by atoms with Crippen molar-refractivity contribution in [3.63, 3.8) is 0 Å². The van der Waals surface area contributed by atoms with Crippen molar-refractivity contribution in [3.05, 3.63) is 41.4 Å². The molecule has 2 nitrogen and oxygen atoms in total. The average molecular weight is 290 g/mol. The zero-order chi connectivity index (χ0) is 13.8. The molecule has 1 atom stereocenters. The Kier molecular flexibility index (Phi) is 4.44. The third-order valence-corrected chi connectivity index (χ3v) is 4.30. The van der Waals surface area contributed by atoms with Crippen molar-refractivity contribution in [3.8, 4) is 5.75 Å². The molecule has 2 aromatic carbocycles. The van der Waals surface area contributed by atoms with Crippen molar-refractivity contribution in [1.29, 1.82) is 0 Å². The SMILES string of the molecule is Clc1ccc(OCCC2CCCCN2)c2ccccc12. The molecule has 0 saturated carbocycles. The topological polar surface area (TPSA) is 21.3 Å². The number of ether oxygens (including phenoxy) is 1. The second-order valence-corrected chi connectivity index (χ2v) is 5.78. The molecule has 0 amide bonds. The largest absolute Gasteiger partial charge is 0.493 e. The number of nitrogens with one attached hydrogen (secondary N) is 1. The summed E-state index contributed by atoms with van der Waals surface area (Å²) in [6.07, 6.45) is 4.97. The summed E-state index contributed by atoms with van der Waals surface area (Å²) in [6.45, 7) is 1.90. The van der Waals surface area contributed by atoms with Gasteiger partial charge in [0.15, 0.2) is 0 Å². The van der Waals surface area contributed by atoms with Crippen LogP contribution in [0.15, 0.2) is 36.4 Å². The van der Waals surface area contributed by atoms with Gasteiger partial charge in [0.2, 0.25) is 0 Å².